The summed E-state index contributed by atoms with van der Waals surface area (Å²) in [4.78, 5) is -0.178. The van der Waals surface area contributed by atoms with Gasteiger partial charge in [0.15, 0.2) is 0 Å². The van der Waals surface area contributed by atoms with Crippen molar-refractivity contribution < 1.29 is 17.5 Å². The molecule has 1 heterocycles. The van der Waals surface area contributed by atoms with Crippen LogP contribution in [0.3, 0.4) is 0 Å². The smallest absolute Gasteiger partial charge is 0.235 e. The summed E-state index contributed by atoms with van der Waals surface area (Å²) in [6, 6.07) is 10.3. The van der Waals surface area contributed by atoms with Crippen LogP contribution >= 0.6 is 11.3 Å². The van der Waals surface area contributed by atoms with Gasteiger partial charge in [0.25, 0.3) is 0 Å². The molecule has 0 bridgehead atoms. The highest BCUT2D eigenvalue weighted by Crippen LogP contribution is 2.24. The number of aryl methyl sites for hydroxylation is 5. The summed E-state index contributed by atoms with van der Waals surface area (Å²) >= 11 is 1.89. The van der Waals surface area contributed by atoms with Crippen molar-refractivity contribution in [2.75, 3.05) is 0 Å². The van der Waals surface area contributed by atoms with Crippen LogP contribution in [0.4, 0.5) is 0 Å². The minimum Gasteiger partial charge on any atom is -0.744 e. The van der Waals surface area contributed by atoms with Crippen LogP contribution in [0, 0.1) is 27.7 Å². The van der Waals surface area contributed by atoms with E-state index in [1.165, 1.54) is 38.5 Å². The van der Waals surface area contributed by atoms with Crippen molar-refractivity contribution in [2.45, 2.75) is 46.1 Å². The number of thiazole rings is 1. The molecule has 0 radical (unpaired) electrons. The Kier molecular flexibility index (Phi) is 5.98. The fourth-order valence-electron chi connectivity index (χ4n) is 2.80. The fraction of sp³-hybridized carbons (Fsp3) is 0.316. The number of aromatic nitrogens is 1. The summed E-state index contributed by atoms with van der Waals surface area (Å²) in [5.41, 5.74) is 5.10. The van der Waals surface area contributed by atoms with Gasteiger partial charge in [0, 0.05) is 12.5 Å². The van der Waals surface area contributed by atoms with Crippen molar-refractivity contribution in [3.8, 4) is 0 Å². The third kappa shape index (κ3) is 4.66. The van der Waals surface area contributed by atoms with Crippen LogP contribution in [0.5, 0.6) is 0 Å². The molecule has 0 amide bonds. The van der Waals surface area contributed by atoms with Crippen molar-refractivity contribution in [1.82, 2.24) is 0 Å². The molecular weight excluding hydrogens is 354 g/mol. The molecule has 2 aromatic carbocycles. The van der Waals surface area contributed by atoms with E-state index in [9.17, 15) is 13.0 Å². The van der Waals surface area contributed by atoms with Crippen LogP contribution in [0.25, 0.3) is 10.2 Å². The van der Waals surface area contributed by atoms with Crippen LogP contribution in [-0.2, 0) is 16.7 Å². The van der Waals surface area contributed by atoms with Gasteiger partial charge in [0.2, 0.25) is 10.5 Å². The molecule has 0 saturated carbocycles. The number of fused-ring (bicyclic) bond motifs is 1. The molecule has 0 aliphatic heterocycles. The minimum absolute atomic E-state index is 0.178. The molecule has 0 atom stereocenters. The zero-order chi connectivity index (χ0) is 18.8. The van der Waals surface area contributed by atoms with Crippen LogP contribution in [-0.4, -0.2) is 13.0 Å². The van der Waals surface area contributed by atoms with Gasteiger partial charge < -0.3 is 4.55 Å². The maximum absolute atomic E-state index is 10.4. The van der Waals surface area contributed by atoms with Gasteiger partial charge in [-0.1, -0.05) is 29.0 Å². The zero-order valence-corrected chi connectivity index (χ0v) is 16.8. The van der Waals surface area contributed by atoms with Crippen LogP contribution in [0.15, 0.2) is 41.3 Å². The Morgan fingerprint density at radius 1 is 1.00 bits per heavy atom. The van der Waals surface area contributed by atoms with Crippen LogP contribution in [0.2, 0.25) is 0 Å². The summed E-state index contributed by atoms with van der Waals surface area (Å²) in [5.74, 6) is 0. The van der Waals surface area contributed by atoms with Crippen molar-refractivity contribution in [3.05, 3.63) is 58.1 Å². The van der Waals surface area contributed by atoms with Gasteiger partial charge >= 0.3 is 0 Å². The topological polar surface area (TPSA) is 61.1 Å². The molecule has 0 fully saturated rings. The summed E-state index contributed by atoms with van der Waals surface area (Å²) in [6.45, 7) is 11.7. The Morgan fingerprint density at radius 3 is 2.12 bits per heavy atom. The Balaban J connectivity index is 0.000000186. The molecular formula is C19H23NO3S2. The molecule has 0 spiro atoms. The van der Waals surface area contributed by atoms with Crippen LogP contribution < -0.4 is 4.57 Å². The second kappa shape index (κ2) is 7.64. The summed E-state index contributed by atoms with van der Waals surface area (Å²) < 4.78 is 35.0. The summed E-state index contributed by atoms with van der Waals surface area (Å²) in [6.07, 6.45) is 0. The normalized spacial score (nSPS) is 11.3. The minimum atomic E-state index is -4.27. The standard InChI is InChI=1S/C12H16NS.C7H8O3S/c1-5-13-10(4)14-11-7-8(2)6-9(3)12(11)13;1-6-2-4-7(5-3-6)11(8,9)10/h6-7H,5H2,1-4H3;2-5H,1H3,(H,8,9,10)/q+1;/p-1. The van der Waals surface area contributed by atoms with Crippen LogP contribution in [0.1, 0.15) is 28.6 Å². The first-order valence-electron chi connectivity index (χ1n) is 8.06. The molecule has 0 N–H and O–H groups in total. The van der Waals surface area contributed by atoms with E-state index in [0.29, 0.717) is 0 Å². The highest BCUT2D eigenvalue weighted by Gasteiger charge is 2.17. The molecule has 3 aromatic rings. The number of benzene rings is 2. The average Bonchev–Trinajstić information content (AvgIpc) is 2.82. The van der Waals surface area contributed by atoms with Crippen molar-refractivity contribution in [3.63, 3.8) is 0 Å². The molecule has 1 aromatic heterocycles. The lowest BCUT2D eigenvalue weighted by molar-refractivity contribution is -0.669. The van der Waals surface area contributed by atoms with Gasteiger partial charge in [-0.05, 0) is 57.5 Å². The predicted octanol–water partition coefficient (Wildman–Crippen LogP) is 4.03. The molecule has 25 heavy (non-hydrogen) atoms. The zero-order valence-electron chi connectivity index (χ0n) is 15.2. The first-order chi connectivity index (χ1) is 11.6. The Bertz CT molecular complexity index is 988. The highest BCUT2D eigenvalue weighted by molar-refractivity contribution is 7.85. The molecule has 0 aliphatic carbocycles. The average molecular weight is 378 g/mol. The van der Waals surface area contributed by atoms with Crippen molar-refractivity contribution in [2.24, 2.45) is 0 Å². The Hall–Kier alpha value is -1.76. The Labute approximate surface area is 153 Å². The largest absolute Gasteiger partial charge is 0.744 e. The number of rotatable bonds is 2. The van der Waals surface area contributed by atoms with Gasteiger partial charge in [0.1, 0.15) is 21.4 Å². The lowest BCUT2D eigenvalue weighted by atomic mass is 10.1. The first-order valence-corrected chi connectivity index (χ1v) is 10.3. The SMILES string of the molecule is CC[n+]1c(C)sc2cc(C)cc(C)c21.Cc1ccc(S(=O)(=O)[O-])cc1. The van der Waals surface area contributed by atoms with Gasteiger partial charge in [-0.25, -0.2) is 8.42 Å². The molecule has 3 rings (SSSR count). The maximum Gasteiger partial charge on any atom is 0.235 e. The quantitative estimate of drug-likeness (QED) is 0.500. The summed E-state index contributed by atoms with van der Waals surface area (Å²) in [7, 11) is -4.27. The lowest BCUT2D eigenvalue weighted by Gasteiger charge is -2.05. The van der Waals surface area contributed by atoms with E-state index >= 15 is 0 Å². The van der Waals surface area contributed by atoms with Gasteiger partial charge in [-0.15, -0.1) is 0 Å². The van der Waals surface area contributed by atoms with Crippen molar-refractivity contribution in [1.29, 1.82) is 0 Å². The number of hydrogen-bond acceptors (Lipinski definition) is 4. The Morgan fingerprint density at radius 2 is 1.60 bits per heavy atom. The molecule has 0 aliphatic rings. The molecule has 6 heteroatoms. The number of nitrogens with zero attached hydrogens (tertiary/aromatic N) is 1. The molecule has 4 nitrogen and oxygen atoms in total. The fourth-order valence-corrected chi connectivity index (χ4v) is 4.53. The number of hydrogen-bond donors (Lipinski definition) is 0. The summed E-state index contributed by atoms with van der Waals surface area (Å²) in [5, 5.41) is 1.40. The van der Waals surface area contributed by atoms with Crippen molar-refractivity contribution >= 4 is 31.7 Å². The van der Waals surface area contributed by atoms with E-state index < -0.39 is 10.1 Å². The van der Waals surface area contributed by atoms with Gasteiger partial charge in [0.05, 0.1) is 4.90 Å². The molecule has 134 valence electrons. The highest BCUT2D eigenvalue weighted by atomic mass is 32.2. The predicted molar refractivity (Wildman–Crippen MR) is 101 cm³/mol. The van der Waals surface area contributed by atoms with E-state index in [1.54, 1.807) is 12.1 Å². The second-order valence-corrected chi connectivity index (χ2v) is 8.68. The molecule has 0 unspecified atom stereocenters. The molecule has 0 saturated heterocycles. The third-order valence-corrected chi connectivity index (χ3v) is 5.84. The van der Waals surface area contributed by atoms with E-state index in [2.05, 4.69) is 44.4 Å². The van der Waals surface area contributed by atoms with E-state index in [-0.39, 0.29) is 4.90 Å². The monoisotopic (exact) mass is 377 g/mol. The van der Waals surface area contributed by atoms with E-state index in [1.807, 2.05) is 18.3 Å². The van der Waals surface area contributed by atoms with Gasteiger partial charge in [-0.3, -0.25) is 0 Å². The lowest BCUT2D eigenvalue weighted by Crippen LogP contribution is -2.33. The van der Waals surface area contributed by atoms with E-state index in [4.69, 9.17) is 0 Å². The maximum atomic E-state index is 10.4. The first kappa shape index (κ1) is 19.6. The van der Waals surface area contributed by atoms with Gasteiger partial charge in [-0.2, -0.15) is 4.57 Å². The third-order valence-electron chi connectivity index (χ3n) is 3.94. The second-order valence-electron chi connectivity index (χ2n) is 6.06. The van der Waals surface area contributed by atoms with E-state index in [0.717, 1.165) is 12.1 Å².